The predicted molar refractivity (Wildman–Crippen MR) is 94.8 cm³/mol. The summed E-state index contributed by atoms with van der Waals surface area (Å²) in [7, 11) is 0. The molecule has 2 aromatic heterocycles. The van der Waals surface area contributed by atoms with Gasteiger partial charge in [-0.15, -0.1) is 0 Å². The number of amides is 1. The average molecular weight is 345 g/mol. The molecule has 24 heavy (non-hydrogen) atoms. The van der Waals surface area contributed by atoms with Crippen molar-refractivity contribution in [2.45, 2.75) is 26.3 Å². The molecule has 0 saturated carbocycles. The molecule has 1 atom stereocenters. The van der Waals surface area contributed by atoms with E-state index in [4.69, 9.17) is 11.6 Å². The molecule has 0 aliphatic carbocycles. The van der Waals surface area contributed by atoms with Crippen LogP contribution in [0, 0.1) is 0 Å². The maximum atomic E-state index is 12.7. The lowest BCUT2D eigenvalue weighted by Gasteiger charge is -2.14. The van der Waals surface area contributed by atoms with Crippen LogP contribution in [0.2, 0.25) is 5.02 Å². The van der Waals surface area contributed by atoms with E-state index in [-0.39, 0.29) is 23.1 Å². The van der Waals surface area contributed by atoms with Crippen molar-refractivity contribution >= 4 is 34.2 Å². The Labute approximate surface area is 143 Å². The lowest BCUT2D eigenvalue weighted by atomic mass is 10.1. The molecule has 1 aromatic carbocycles. The van der Waals surface area contributed by atoms with Crippen molar-refractivity contribution in [2.75, 3.05) is 5.32 Å². The fraction of sp³-hybridized carbons (Fsp3) is 0.235. The van der Waals surface area contributed by atoms with Gasteiger partial charge >= 0.3 is 0 Å². The summed E-state index contributed by atoms with van der Waals surface area (Å²) in [5.74, 6) is 0.211. The Bertz CT molecular complexity index is 961. The molecule has 6 nitrogen and oxygen atoms in total. The number of H-pyrrole nitrogens is 1. The first-order valence-electron chi connectivity index (χ1n) is 7.67. The van der Waals surface area contributed by atoms with Gasteiger partial charge in [-0.05, 0) is 31.5 Å². The third kappa shape index (κ3) is 3.05. The minimum atomic E-state index is -0.376. The van der Waals surface area contributed by atoms with E-state index in [1.54, 1.807) is 35.1 Å². The smallest absolute Gasteiger partial charge is 0.257 e. The highest BCUT2D eigenvalue weighted by atomic mass is 35.5. The van der Waals surface area contributed by atoms with Gasteiger partial charge in [-0.25, -0.2) is 4.68 Å². The molecule has 7 heteroatoms. The largest absolute Gasteiger partial charge is 0.322 e. The SMILES string of the molecule is CCC(C)n1nccc1NC(=O)c1cc(=O)[nH]c2ccc(Cl)cc12. The van der Waals surface area contributed by atoms with Crippen molar-refractivity contribution < 1.29 is 4.79 Å². The van der Waals surface area contributed by atoms with Gasteiger partial charge in [-0.3, -0.25) is 9.59 Å². The normalized spacial score (nSPS) is 12.3. The van der Waals surface area contributed by atoms with Crippen LogP contribution in [0.25, 0.3) is 10.9 Å². The third-order valence-corrected chi connectivity index (χ3v) is 4.21. The Hall–Kier alpha value is -2.60. The standard InChI is InChI=1S/C17H17ClN4O2/c1-3-10(2)22-15(6-7-19-22)21-17(24)13-9-16(23)20-14-5-4-11(18)8-12(13)14/h4-10H,3H2,1-2H3,(H,20,23)(H,21,24). The number of pyridine rings is 1. The molecule has 1 amide bonds. The topological polar surface area (TPSA) is 79.8 Å². The van der Waals surface area contributed by atoms with E-state index in [1.807, 2.05) is 13.8 Å². The van der Waals surface area contributed by atoms with Gasteiger partial charge in [0.15, 0.2) is 0 Å². The summed E-state index contributed by atoms with van der Waals surface area (Å²) in [6.45, 7) is 4.06. The van der Waals surface area contributed by atoms with Crippen LogP contribution in [0.5, 0.6) is 0 Å². The Kier molecular flexibility index (Phi) is 4.40. The Morgan fingerprint density at radius 2 is 2.17 bits per heavy atom. The van der Waals surface area contributed by atoms with Crippen molar-refractivity contribution in [1.29, 1.82) is 0 Å². The molecule has 0 saturated heterocycles. The van der Waals surface area contributed by atoms with Gasteiger partial charge in [0.2, 0.25) is 5.56 Å². The number of nitrogens with one attached hydrogen (secondary N) is 2. The van der Waals surface area contributed by atoms with Gasteiger partial charge in [0, 0.05) is 28.1 Å². The summed E-state index contributed by atoms with van der Waals surface area (Å²) in [5.41, 5.74) is 0.492. The van der Waals surface area contributed by atoms with E-state index in [9.17, 15) is 9.59 Å². The number of carbonyl (C=O) groups is 1. The summed E-state index contributed by atoms with van der Waals surface area (Å²) in [5, 5.41) is 8.15. The van der Waals surface area contributed by atoms with Crippen LogP contribution in [-0.4, -0.2) is 20.7 Å². The first-order valence-corrected chi connectivity index (χ1v) is 8.05. The summed E-state index contributed by atoms with van der Waals surface area (Å²) in [4.78, 5) is 27.2. The molecule has 3 rings (SSSR count). The summed E-state index contributed by atoms with van der Waals surface area (Å²) >= 11 is 6.03. The Morgan fingerprint density at radius 1 is 1.38 bits per heavy atom. The number of aromatic nitrogens is 3. The van der Waals surface area contributed by atoms with Crippen LogP contribution in [0.4, 0.5) is 5.82 Å². The molecule has 0 fully saturated rings. The van der Waals surface area contributed by atoms with Gasteiger partial charge in [0.05, 0.1) is 17.8 Å². The van der Waals surface area contributed by atoms with Crippen LogP contribution in [0.1, 0.15) is 36.7 Å². The molecule has 0 radical (unpaired) electrons. The zero-order chi connectivity index (χ0) is 17.3. The monoisotopic (exact) mass is 344 g/mol. The minimum Gasteiger partial charge on any atom is -0.322 e. The summed E-state index contributed by atoms with van der Waals surface area (Å²) in [6, 6.07) is 8.16. The van der Waals surface area contributed by atoms with Crippen molar-refractivity contribution in [3.8, 4) is 0 Å². The quantitative estimate of drug-likeness (QED) is 0.758. The fourth-order valence-electron chi connectivity index (χ4n) is 2.53. The molecule has 2 heterocycles. The van der Waals surface area contributed by atoms with Crippen LogP contribution in [0.15, 0.2) is 41.3 Å². The second kappa shape index (κ2) is 6.49. The zero-order valence-electron chi connectivity index (χ0n) is 13.3. The number of halogens is 1. The summed E-state index contributed by atoms with van der Waals surface area (Å²) in [6.07, 6.45) is 2.52. The predicted octanol–water partition coefficient (Wildman–Crippen LogP) is 3.60. The minimum absolute atomic E-state index is 0.153. The van der Waals surface area contributed by atoms with E-state index in [0.717, 1.165) is 6.42 Å². The van der Waals surface area contributed by atoms with Gasteiger partial charge in [0.1, 0.15) is 5.82 Å². The van der Waals surface area contributed by atoms with E-state index in [0.29, 0.717) is 21.7 Å². The molecule has 2 N–H and O–H groups in total. The number of carbonyl (C=O) groups excluding carboxylic acids is 1. The van der Waals surface area contributed by atoms with Crippen LogP contribution in [0.3, 0.4) is 0 Å². The van der Waals surface area contributed by atoms with Gasteiger partial charge in [0.25, 0.3) is 5.91 Å². The van der Waals surface area contributed by atoms with Crippen LogP contribution in [-0.2, 0) is 0 Å². The highest BCUT2D eigenvalue weighted by Crippen LogP contribution is 2.22. The second-order valence-corrected chi connectivity index (χ2v) is 6.05. The number of fused-ring (bicyclic) bond motifs is 1. The number of hydrogen-bond acceptors (Lipinski definition) is 3. The fourth-order valence-corrected chi connectivity index (χ4v) is 2.71. The van der Waals surface area contributed by atoms with Crippen LogP contribution < -0.4 is 10.9 Å². The lowest BCUT2D eigenvalue weighted by Crippen LogP contribution is -2.20. The third-order valence-electron chi connectivity index (χ3n) is 3.97. The number of rotatable bonds is 4. The zero-order valence-corrected chi connectivity index (χ0v) is 14.1. The van der Waals surface area contributed by atoms with Gasteiger partial charge < -0.3 is 10.3 Å². The van der Waals surface area contributed by atoms with Crippen LogP contribution >= 0.6 is 11.6 Å². The van der Waals surface area contributed by atoms with Crippen molar-refractivity contribution in [1.82, 2.24) is 14.8 Å². The first-order chi connectivity index (χ1) is 11.5. The summed E-state index contributed by atoms with van der Waals surface area (Å²) < 4.78 is 1.75. The van der Waals surface area contributed by atoms with Gasteiger partial charge in [-0.1, -0.05) is 18.5 Å². The highest BCUT2D eigenvalue weighted by molar-refractivity contribution is 6.31. The van der Waals surface area contributed by atoms with E-state index in [2.05, 4.69) is 15.4 Å². The average Bonchev–Trinajstić information content (AvgIpc) is 3.01. The second-order valence-electron chi connectivity index (χ2n) is 5.61. The number of nitrogens with zero attached hydrogens (tertiary/aromatic N) is 2. The molecular weight excluding hydrogens is 328 g/mol. The first kappa shape index (κ1) is 16.3. The van der Waals surface area contributed by atoms with E-state index in [1.165, 1.54) is 6.07 Å². The number of hydrogen-bond donors (Lipinski definition) is 2. The van der Waals surface area contributed by atoms with Crippen molar-refractivity contribution in [2.24, 2.45) is 0 Å². The highest BCUT2D eigenvalue weighted by Gasteiger charge is 2.16. The molecule has 0 aliphatic heterocycles. The molecule has 124 valence electrons. The molecule has 0 aliphatic rings. The number of anilines is 1. The van der Waals surface area contributed by atoms with Gasteiger partial charge in [-0.2, -0.15) is 5.10 Å². The molecular formula is C17H17ClN4O2. The molecule has 0 spiro atoms. The number of aromatic amines is 1. The van der Waals surface area contributed by atoms with Crippen molar-refractivity contribution in [3.63, 3.8) is 0 Å². The molecule has 1 unspecified atom stereocenters. The van der Waals surface area contributed by atoms with Crippen molar-refractivity contribution in [3.05, 3.63) is 57.5 Å². The maximum Gasteiger partial charge on any atom is 0.257 e. The Morgan fingerprint density at radius 3 is 2.92 bits per heavy atom. The lowest BCUT2D eigenvalue weighted by molar-refractivity contribution is 0.102. The number of benzene rings is 1. The van der Waals surface area contributed by atoms with E-state index >= 15 is 0 Å². The van der Waals surface area contributed by atoms with E-state index < -0.39 is 0 Å². The molecule has 3 aromatic rings. The molecule has 0 bridgehead atoms. The maximum absolute atomic E-state index is 12.7. The Balaban J connectivity index is 2.02.